The second-order valence-electron chi connectivity index (χ2n) is 9.77. The van der Waals surface area contributed by atoms with Gasteiger partial charge in [-0.2, -0.15) is 0 Å². The van der Waals surface area contributed by atoms with E-state index in [1.54, 1.807) is 0 Å². The van der Waals surface area contributed by atoms with Crippen molar-refractivity contribution in [3.8, 4) is 0 Å². The molecule has 2 fully saturated rings. The molecule has 0 aromatic carbocycles. The highest BCUT2D eigenvalue weighted by molar-refractivity contribution is 5.88. The molecule has 3 amide bonds. The van der Waals surface area contributed by atoms with Crippen LogP contribution in [0.4, 0.5) is 5.82 Å². The van der Waals surface area contributed by atoms with Crippen LogP contribution < -0.4 is 15.5 Å². The number of pyridine rings is 1. The Balaban J connectivity index is 1.54. The molecule has 1 saturated heterocycles. The number of amides is 3. The summed E-state index contributed by atoms with van der Waals surface area (Å²) in [4.78, 5) is 46.3. The topological polar surface area (TPSA) is 94.6 Å². The van der Waals surface area contributed by atoms with Gasteiger partial charge >= 0.3 is 0 Å². The SMILES string of the molecule is C=CC(=O)NCCCC[C@H](NC(=O)CC1CCCCC1)C(=O)N1CCN(c2cccc(C)n2)CC1. The Labute approximate surface area is 209 Å². The van der Waals surface area contributed by atoms with Crippen molar-refractivity contribution in [1.29, 1.82) is 0 Å². The van der Waals surface area contributed by atoms with E-state index in [1.807, 2.05) is 30.0 Å². The monoisotopic (exact) mass is 483 g/mol. The minimum Gasteiger partial charge on any atom is -0.353 e. The number of carbonyl (C=O) groups excluding carboxylic acids is 3. The first kappa shape index (κ1) is 26.7. The molecule has 3 rings (SSSR count). The van der Waals surface area contributed by atoms with Crippen LogP contribution in [0.1, 0.15) is 63.5 Å². The third-order valence-electron chi connectivity index (χ3n) is 7.03. The van der Waals surface area contributed by atoms with E-state index in [9.17, 15) is 14.4 Å². The predicted octanol–water partition coefficient (Wildman–Crippen LogP) is 2.97. The lowest BCUT2D eigenvalue weighted by Gasteiger charge is -2.37. The maximum absolute atomic E-state index is 13.4. The third kappa shape index (κ3) is 8.67. The van der Waals surface area contributed by atoms with Crippen molar-refractivity contribution < 1.29 is 14.4 Å². The Hall–Kier alpha value is -2.90. The number of carbonyl (C=O) groups is 3. The molecule has 0 radical (unpaired) electrons. The average Bonchev–Trinajstić information content (AvgIpc) is 2.88. The molecule has 0 spiro atoms. The van der Waals surface area contributed by atoms with Crippen molar-refractivity contribution in [1.82, 2.24) is 20.5 Å². The summed E-state index contributed by atoms with van der Waals surface area (Å²) in [5, 5.41) is 5.83. The van der Waals surface area contributed by atoms with Crippen molar-refractivity contribution in [2.45, 2.75) is 70.8 Å². The molecule has 1 aliphatic heterocycles. The Kier molecular flexibility index (Phi) is 10.6. The molecule has 2 N–H and O–H groups in total. The Morgan fingerprint density at radius 2 is 1.86 bits per heavy atom. The third-order valence-corrected chi connectivity index (χ3v) is 7.03. The van der Waals surface area contributed by atoms with Gasteiger partial charge in [-0.3, -0.25) is 14.4 Å². The zero-order valence-corrected chi connectivity index (χ0v) is 21.1. The summed E-state index contributed by atoms with van der Waals surface area (Å²) in [6.45, 7) is 8.63. The second-order valence-corrected chi connectivity index (χ2v) is 9.77. The number of nitrogens with one attached hydrogen (secondary N) is 2. The van der Waals surface area contributed by atoms with Crippen LogP contribution in [0, 0.1) is 12.8 Å². The lowest BCUT2D eigenvalue weighted by Crippen LogP contribution is -2.55. The summed E-state index contributed by atoms with van der Waals surface area (Å²) in [7, 11) is 0. The molecule has 1 aromatic heterocycles. The number of hydrogen-bond acceptors (Lipinski definition) is 5. The molecule has 1 aromatic rings. The number of aromatic nitrogens is 1. The molecule has 35 heavy (non-hydrogen) atoms. The van der Waals surface area contributed by atoms with Crippen molar-refractivity contribution in [2.24, 2.45) is 5.92 Å². The fourth-order valence-corrected chi connectivity index (χ4v) is 5.00. The summed E-state index contributed by atoms with van der Waals surface area (Å²) in [5.74, 6) is 1.15. The van der Waals surface area contributed by atoms with Crippen LogP contribution in [0.25, 0.3) is 0 Å². The standard InChI is InChI=1S/C27H41N5O3/c1-3-25(33)28-15-8-7-13-23(30-26(34)20-22-11-5-4-6-12-22)27(35)32-18-16-31(17-19-32)24-14-9-10-21(2)29-24/h3,9-10,14,22-23H,1,4-8,11-13,15-20H2,2H3,(H,28,33)(H,30,34)/t23-/m0/s1. The molecule has 1 saturated carbocycles. The van der Waals surface area contributed by atoms with Crippen LogP contribution in [0.5, 0.6) is 0 Å². The molecule has 2 aliphatic rings. The highest BCUT2D eigenvalue weighted by atomic mass is 16.2. The molecule has 1 aliphatic carbocycles. The van der Waals surface area contributed by atoms with E-state index in [-0.39, 0.29) is 17.7 Å². The van der Waals surface area contributed by atoms with E-state index in [1.165, 1.54) is 25.3 Å². The first-order valence-electron chi connectivity index (χ1n) is 13.1. The number of anilines is 1. The van der Waals surface area contributed by atoms with Crippen LogP contribution >= 0.6 is 0 Å². The molecule has 0 unspecified atom stereocenters. The number of hydrogen-bond donors (Lipinski definition) is 2. The Bertz CT molecular complexity index is 860. The van der Waals surface area contributed by atoms with Gasteiger partial charge in [-0.05, 0) is 63.2 Å². The largest absolute Gasteiger partial charge is 0.353 e. The molecule has 2 heterocycles. The highest BCUT2D eigenvalue weighted by Gasteiger charge is 2.29. The number of aryl methyl sites for hydroxylation is 1. The zero-order valence-electron chi connectivity index (χ0n) is 21.1. The van der Waals surface area contributed by atoms with Gasteiger partial charge in [0.1, 0.15) is 11.9 Å². The van der Waals surface area contributed by atoms with E-state index in [0.29, 0.717) is 38.4 Å². The Morgan fingerprint density at radius 3 is 2.54 bits per heavy atom. The van der Waals surface area contributed by atoms with Crippen molar-refractivity contribution in [3.05, 3.63) is 36.5 Å². The van der Waals surface area contributed by atoms with Crippen LogP contribution in [0.15, 0.2) is 30.9 Å². The summed E-state index contributed by atoms with van der Waals surface area (Å²) >= 11 is 0. The van der Waals surface area contributed by atoms with Gasteiger partial charge in [0.05, 0.1) is 0 Å². The van der Waals surface area contributed by atoms with Crippen molar-refractivity contribution in [3.63, 3.8) is 0 Å². The van der Waals surface area contributed by atoms with E-state index in [2.05, 4.69) is 27.1 Å². The van der Waals surface area contributed by atoms with Gasteiger partial charge in [0.2, 0.25) is 17.7 Å². The molecular weight excluding hydrogens is 442 g/mol. The van der Waals surface area contributed by atoms with Crippen molar-refractivity contribution >= 4 is 23.5 Å². The molecule has 8 nitrogen and oxygen atoms in total. The summed E-state index contributed by atoms with van der Waals surface area (Å²) in [5.41, 5.74) is 0.978. The van der Waals surface area contributed by atoms with Crippen LogP contribution in [0.2, 0.25) is 0 Å². The van der Waals surface area contributed by atoms with Crippen LogP contribution in [-0.4, -0.2) is 66.4 Å². The van der Waals surface area contributed by atoms with E-state index in [4.69, 9.17) is 0 Å². The first-order valence-corrected chi connectivity index (χ1v) is 13.1. The maximum atomic E-state index is 13.4. The summed E-state index contributed by atoms with van der Waals surface area (Å²) in [6.07, 6.45) is 9.65. The molecule has 192 valence electrons. The van der Waals surface area contributed by atoms with Gasteiger partial charge < -0.3 is 20.4 Å². The van der Waals surface area contributed by atoms with Crippen LogP contribution in [-0.2, 0) is 14.4 Å². The number of rotatable bonds is 11. The molecule has 8 heteroatoms. The lowest BCUT2D eigenvalue weighted by atomic mass is 9.87. The minimum atomic E-state index is -0.523. The maximum Gasteiger partial charge on any atom is 0.245 e. The quantitative estimate of drug-likeness (QED) is 0.373. The van der Waals surface area contributed by atoms with E-state index >= 15 is 0 Å². The smallest absolute Gasteiger partial charge is 0.245 e. The fourth-order valence-electron chi connectivity index (χ4n) is 5.00. The highest BCUT2D eigenvalue weighted by Crippen LogP contribution is 2.26. The first-order chi connectivity index (χ1) is 17.0. The number of unbranched alkanes of at least 4 members (excludes halogenated alkanes) is 1. The van der Waals surface area contributed by atoms with Gasteiger partial charge in [-0.1, -0.05) is 31.9 Å². The normalized spacial score (nSPS) is 17.5. The number of piperazine rings is 1. The van der Waals surface area contributed by atoms with Gasteiger partial charge in [0, 0.05) is 44.8 Å². The van der Waals surface area contributed by atoms with Gasteiger partial charge in [0.25, 0.3) is 0 Å². The molecule has 1 atom stereocenters. The van der Waals surface area contributed by atoms with Gasteiger partial charge in [0.15, 0.2) is 0 Å². The predicted molar refractivity (Wildman–Crippen MR) is 138 cm³/mol. The zero-order chi connectivity index (χ0) is 25.0. The van der Waals surface area contributed by atoms with Gasteiger partial charge in [-0.15, -0.1) is 0 Å². The van der Waals surface area contributed by atoms with Crippen LogP contribution in [0.3, 0.4) is 0 Å². The number of nitrogens with zero attached hydrogens (tertiary/aromatic N) is 3. The lowest BCUT2D eigenvalue weighted by molar-refractivity contribution is -0.137. The minimum absolute atomic E-state index is 0.00558. The van der Waals surface area contributed by atoms with Gasteiger partial charge in [-0.25, -0.2) is 4.98 Å². The molecule has 0 bridgehead atoms. The average molecular weight is 484 g/mol. The van der Waals surface area contributed by atoms with E-state index < -0.39 is 6.04 Å². The molecular formula is C27H41N5O3. The van der Waals surface area contributed by atoms with E-state index in [0.717, 1.165) is 50.3 Å². The van der Waals surface area contributed by atoms with Crippen molar-refractivity contribution in [2.75, 3.05) is 37.6 Å². The second kappa shape index (κ2) is 13.9. The Morgan fingerprint density at radius 1 is 1.11 bits per heavy atom. The summed E-state index contributed by atoms with van der Waals surface area (Å²) < 4.78 is 0. The summed E-state index contributed by atoms with van der Waals surface area (Å²) in [6, 6.07) is 5.46. The fraction of sp³-hybridized carbons (Fsp3) is 0.630.